The van der Waals surface area contributed by atoms with Crippen molar-refractivity contribution in [3.8, 4) is 0 Å². The molecule has 130 valence electrons. The minimum Gasteiger partial charge on any atom is -0.394 e. The molecule has 0 saturated heterocycles. The SMILES string of the molecule is O=C(NCC(OCCO)c1cccs1)C1(c2cccs2)CCCC1. The molecule has 1 fully saturated rings. The number of aliphatic hydroxyl groups excluding tert-OH is 1. The summed E-state index contributed by atoms with van der Waals surface area (Å²) in [5.41, 5.74) is -0.370. The van der Waals surface area contributed by atoms with Gasteiger partial charge >= 0.3 is 0 Å². The fourth-order valence-electron chi connectivity index (χ4n) is 3.38. The van der Waals surface area contributed by atoms with E-state index in [9.17, 15) is 4.79 Å². The van der Waals surface area contributed by atoms with Gasteiger partial charge in [-0.25, -0.2) is 0 Å². The predicted molar refractivity (Wildman–Crippen MR) is 97.6 cm³/mol. The summed E-state index contributed by atoms with van der Waals surface area (Å²) in [7, 11) is 0. The van der Waals surface area contributed by atoms with E-state index < -0.39 is 0 Å². The van der Waals surface area contributed by atoms with Crippen LogP contribution in [0.4, 0.5) is 0 Å². The Hall–Kier alpha value is -1.21. The molecule has 0 radical (unpaired) electrons. The number of hydrogen-bond donors (Lipinski definition) is 2. The fraction of sp³-hybridized carbons (Fsp3) is 0.500. The Labute approximate surface area is 150 Å². The molecule has 1 aliphatic carbocycles. The van der Waals surface area contributed by atoms with Crippen molar-refractivity contribution < 1.29 is 14.6 Å². The quantitative estimate of drug-likeness (QED) is 0.753. The number of ether oxygens (including phenoxy) is 1. The molecule has 0 aliphatic heterocycles. The van der Waals surface area contributed by atoms with Crippen LogP contribution in [0.3, 0.4) is 0 Å². The Bertz CT molecular complexity index is 619. The van der Waals surface area contributed by atoms with Crippen LogP contribution in [0.5, 0.6) is 0 Å². The molecule has 3 rings (SSSR count). The highest BCUT2D eigenvalue weighted by molar-refractivity contribution is 7.10. The van der Waals surface area contributed by atoms with Gasteiger partial charge in [-0.2, -0.15) is 0 Å². The summed E-state index contributed by atoms with van der Waals surface area (Å²) >= 11 is 3.28. The summed E-state index contributed by atoms with van der Waals surface area (Å²) in [6.45, 7) is 0.690. The first-order valence-electron chi connectivity index (χ1n) is 8.34. The Morgan fingerprint density at radius 3 is 2.62 bits per heavy atom. The van der Waals surface area contributed by atoms with E-state index in [0.29, 0.717) is 6.54 Å². The molecule has 24 heavy (non-hydrogen) atoms. The Kier molecular flexibility index (Phi) is 6.05. The van der Waals surface area contributed by atoms with Gasteiger partial charge in [0, 0.05) is 16.3 Å². The van der Waals surface area contributed by atoms with E-state index in [1.54, 1.807) is 22.7 Å². The number of nitrogens with one attached hydrogen (secondary N) is 1. The molecule has 2 aromatic rings. The molecule has 1 saturated carbocycles. The van der Waals surface area contributed by atoms with Gasteiger partial charge in [0.2, 0.25) is 5.91 Å². The molecule has 6 heteroatoms. The summed E-state index contributed by atoms with van der Waals surface area (Å²) in [4.78, 5) is 15.2. The van der Waals surface area contributed by atoms with Crippen LogP contribution in [0.15, 0.2) is 35.0 Å². The van der Waals surface area contributed by atoms with E-state index >= 15 is 0 Å². The molecule has 4 nitrogen and oxygen atoms in total. The number of carbonyl (C=O) groups excluding carboxylic acids is 1. The molecular weight excluding hydrogens is 342 g/mol. The standard InChI is InChI=1S/C18H23NO3S2/c20-9-10-22-14(15-5-3-11-23-15)13-19-17(21)18(7-1-2-8-18)16-6-4-12-24-16/h3-6,11-12,14,20H,1-2,7-10,13H2,(H,19,21). The molecule has 0 spiro atoms. The van der Waals surface area contributed by atoms with E-state index in [1.165, 1.54) is 4.88 Å². The van der Waals surface area contributed by atoms with Gasteiger partial charge in [0.1, 0.15) is 6.10 Å². The Morgan fingerprint density at radius 2 is 2.00 bits per heavy atom. The molecule has 1 aliphatic rings. The van der Waals surface area contributed by atoms with Gasteiger partial charge in [0.05, 0.1) is 18.6 Å². The van der Waals surface area contributed by atoms with Crippen LogP contribution < -0.4 is 5.32 Å². The van der Waals surface area contributed by atoms with Crippen LogP contribution in [0.1, 0.15) is 41.5 Å². The van der Waals surface area contributed by atoms with E-state index in [1.807, 2.05) is 29.0 Å². The van der Waals surface area contributed by atoms with Crippen molar-refractivity contribution >= 4 is 28.6 Å². The Morgan fingerprint density at radius 1 is 1.25 bits per heavy atom. The van der Waals surface area contributed by atoms with Crippen molar-refractivity contribution in [3.05, 3.63) is 44.8 Å². The second-order valence-corrected chi connectivity index (χ2v) is 8.00. The largest absolute Gasteiger partial charge is 0.394 e. The van der Waals surface area contributed by atoms with Crippen molar-refractivity contribution in [2.75, 3.05) is 19.8 Å². The van der Waals surface area contributed by atoms with Crippen molar-refractivity contribution in [1.82, 2.24) is 5.32 Å². The second-order valence-electron chi connectivity index (χ2n) is 6.07. The van der Waals surface area contributed by atoms with Crippen molar-refractivity contribution in [2.24, 2.45) is 0 Å². The normalized spacial score (nSPS) is 17.7. The summed E-state index contributed by atoms with van der Waals surface area (Å²) in [5.74, 6) is 0.108. The first-order valence-corrected chi connectivity index (χ1v) is 10.1. The molecule has 0 aromatic carbocycles. The minimum absolute atomic E-state index is 0.0189. The van der Waals surface area contributed by atoms with Gasteiger partial charge in [-0.1, -0.05) is 25.0 Å². The minimum atomic E-state index is -0.370. The maximum absolute atomic E-state index is 13.0. The first kappa shape index (κ1) is 17.6. The lowest BCUT2D eigenvalue weighted by atomic mass is 9.83. The van der Waals surface area contributed by atoms with Crippen molar-refractivity contribution in [1.29, 1.82) is 0 Å². The number of hydrogen-bond acceptors (Lipinski definition) is 5. The van der Waals surface area contributed by atoms with E-state index in [2.05, 4.69) is 11.4 Å². The van der Waals surface area contributed by atoms with Gasteiger partial charge in [-0.05, 0) is 35.7 Å². The molecule has 2 N–H and O–H groups in total. The average Bonchev–Trinajstić information content (AvgIpc) is 3.35. The molecule has 0 bridgehead atoms. The highest BCUT2D eigenvalue weighted by Crippen LogP contribution is 2.43. The van der Waals surface area contributed by atoms with E-state index in [0.717, 1.165) is 30.6 Å². The summed E-state index contributed by atoms with van der Waals surface area (Å²) in [5, 5.41) is 16.2. The molecular formula is C18H23NO3S2. The number of aliphatic hydroxyl groups is 1. The van der Waals surface area contributed by atoms with Crippen LogP contribution in [0.2, 0.25) is 0 Å². The van der Waals surface area contributed by atoms with E-state index in [-0.39, 0.29) is 30.6 Å². The zero-order valence-corrected chi connectivity index (χ0v) is 15.2. The molecule has 2 aromatic heterocycles. The van der Waals surface area contributed by atoms with E-state index in [4.69, 9.17) is 9.84 Å². The van der Waals surface area contributed by atoms with Crippen LogP contribution in [-0.2, 0) is 14.9 Å². The van der Waals surface area contributed by atoms with Gasteiger partial charge in [-0.3, -0.25) is 4.79 Å². The second kappa shape index (κ2) is 8.25. The molecule has 2 heterocycles. The number of rotatable bonds is 8. The maximum Gasteiger partial charge on any atom is 0.231 e. The maximum atomic E-state index is 13.0. The third-order valence-electron chi connectivity index (χ3n) is 4.60. The summed E-state index contributed by atoms with van der Waals surface area (Å²) < 4.78 is 5.72. The lowest BCUT2D eigenvalue weighted by Crippen LogP contribution is -2.43. The highest BCUT2D eigenvalue weighted by Gasteiger charge is 2.43. The number of thiophene rings is 2. The molecule has 1 atom stereocenters. The zero-order chi connectivity index (χ0) is 16.8. The van der Waals surface area contributed by atoms with Gasteiger partial charge < -0.3 is 15.2 Å². The molecule has 1 amide bonds. The summed E-state index contributed by atoms with van der Waals surface area (Å²) in [6.07, 6.45) is 3.82. The zero-order valence-electron chi connectivity index (χ0n) is 13.6. The topological polar surface area (TPSA) is 58.6 Å². The summed E-state index contributed by atoms with van der Waals surface area (Å²) in [6, 6.07) is 8.07. The van der Waals surface area contributed by atoms with Gasteiger partial charge in [-0.15, -0.1) is 22.7 Å². The fourth-order valence-corrected chi connectivity index (χ4v) is 5.14. The van der Waals surface area contributed by atoms with Crippen molar-refractivity contribution in [3.63, 3.8) is 0 Å². The predicted octanol–water partition coefficient (Wildman–Crippen LogP) is 3.49. The lowest BCUT2D eigenvalue weighted by molar-refractivity contribution is -0.127. The van der Waals surface area contributed by atoms with Crippen LogP contribution >= 0.6 is 22.7 Å². The van der Waals surface area contributed by atoms with Crippen molar-refractivity contribution in [2.45, 2.75) is 37.2 Å². The number of carbonyl (C=O) groups is 1. The van der Waals surface area contributed by atoms with Gasteiger partial charge in [0.15, 0.2) is 0 Å². The third kappa shape index (κ3) is 3.72. The third-order valence-corrected chi connectivity index (χ3v) is 6.64. The van der Waals surface area contributed by atoms with Crippen LogP contribution in [0, 0.1) is 0 Å². The highest BCUT2D eigenvalue weighted by atomic mass is 32.1. The van der Waals surface area contributed by atoms with Crippen LogP contribution in [0.25, 0.3) is 0 Å². The average molecular weight is 366 g/mol. The Balaban J connectivity index is 1.68. The number of amides is 1. The van der Waals surface area contributed by atoms with Gasteiger partial charge in [0.25, 0.3) is 0 Å². The first-order chi connectivity index (χ1) is 11.8. The molecule has 1 unspecified atom stereocenters. The lowest BCUT2D eigenvalue weighted by Gasteiger charge is -2.28. The smallest absolute Gasteiger partial charge is 0.231 e. The van der Waals surface area contributed by atoms with Crippen LogP contribution in [-0.4, -0.2) is 30.8 Å². The monoisotopic (exact) mass is 365 g/mol.